The largest absolute Gasteiger partial charge is 0.0622 e. The van der Waals surface area contributed by atoms with Gasteiger partial charge in [0.2, 0.25) is 0 Å². The zero-order valence-electron chi connectivity index (χ0n) is 20.8. The molecule has 1 aliphatic carbocycles. The van der Waals surface area contributed by atoms with Gasteiger partial charge >= 0.3 is 0 Å². The monoisotopic (exact) mass is 460 g/mol. The highest BCUT2D eigenvalue weighted by Gasteiger charge is 2.30. The Morgan fingerprint density at radius 1 is 0.389 bits per heavy atom. The lowest BCUT2D eigenvalue weighted by atomic mass is 9.80. The van der Waals surface area contributed by atoms with Crippen LogP contribution in [0.2, 0.25) is 0 Å². The molecule has 6 aromatic rings. The van der Waals surface area contributed by atoms with Crippen molar-refractivity contribution in [1.29, 1.82) is 0 Å². The van der Waals surface area contributed by atoms with E-state index in [4.69, 9.17) is 0 Å². The molecule has 0 aromatic heterocycles. The Labute approximate surface area is 212 Å². The molecule has 0 aliphatic heterocycles. The van der Waals surface area contributed by atoms with Crippen LogP contribution in [0.3, 0.4) is 0 Å². The third-order valence-electron chi connectivity index (χ3n) is 7.98. The summed E-state index contributed by atoms with van der Waals surface area (Å²) < 4.78 is 0. The summed E-state index contributed by atoms with van der Waals surface area (Å²) in [5.41, 5.74) is 13.9. The van der Waals surface area contributed by atoms with Crippen molar-refractivity contribution < 1.29 is 0 Å². The maximum atomic E-state index is 2.35. The number of aryl methyl sites for hydroxylation is 2. The van der Waals surface area contributed by atoms with Crippen LogP contribution in [0.5, 0.6) is 0 Å². The molecule has 0 N–H and O–H groups in total. The topological polar surface area (TPSA) is 0 Å². The van der Waals surface area contributed by atoms with Gasteiger partial charge in [-0.15, -0.1) is 0 Å². The quantitative estimate of drug-likeness (QED) is 0.245. The zero-order valence-corrected chi connectivity index (χ0v) is 20.8. The molecule has 0 saturated carbocycles. The molecular weight excluding hydrogens is 432 g/mol. The van der Waals surface area contributed by atoms with Gasteiger partial charge in [-0.1, -0.05) is 123 Å². The molecule has 6 aromatic carbocycles. The van der Waals surface area contributed by atoms with Crippen molar-refractivity contribution in [2.45, 2.75) is 26.7 Å². The van der Waals surface area contributed by atoms with Gasteiger partial charge < -0.3 is 0 Å². The van der Waals surface area contributed by atoms with Gasteiger partial charge in [-0.3, -0.25) is 0 Å². The molecule has 172 valence electrons. The number of rotatable bonds is 4. The molecule has 0 amide bonds. The maximum Gasteiger partial charge on any atom is -0.00262 e. The lowest BCUT2D eigenvalue weighted by molar-refractivity contribution is 1.14. The number of hydrogen-bond acceptors (Lipinski definition) is 0. The van der Waals surface area contributed by atoms with Gasteiger partial charge in [0.25, 0.3) is 0 Å². The van der Waals surface area contributed by atoms with E-state index in [0.29, 0.717) is 0 Å². The normalized spacial score (nSPS) is 11.8. The fraction of sp³-hybridized carbons (Fsp3) is 0.111. The molecule has 0 radical (unpaired) electrons. The smallest absolute Gasteiger partial charge is 0.00262 e. The molecule has 0 heteroatoms. The fourth-order valence-electron chi connectivity index (χ4n) is 6.56. The minimum Gasteiger partial charge on any atom is -0.0622 e. The Kier molecular flexibility index (Phi) is 4.82. The van der Waals surface area contributed by atoms with Gasteiger partial charge in [0, 0.05) is 0 Å². The minimum atomic E-state index is 0.991. The summed E-state index contributed by atoms with van der Waals surface area (Å²) in [6.07, 6.45) is 1.98. The Hall–Kier alpha value is -4.16. The molecular formula is C36H28. The predicted octanol–water partition coefficient (Wildman–Crippen LogP) is 10.1. The van der Waals surface area contributed by atoms with E-state index in [1.54, 1.807) is 0 Å². The average Bonchev–Trinajstić information content (AvgIpc) is 3.28. The number of benzene rings is 6. The van der Waals surface area contributed by atoms with Crippen LogP contribution in [0.1, 0.15) is 25.0 Å². The van der Waals surface area contributed by atoms with E-state index in [9.17, 15) is 0 Å². The molecule has 36 heavy (non-hydrogen) atoms. The molecule has 0 bridgehead atoms. The summed E-state index contributed by atoms with van der Waals surface area (Å²) in [4.78, 5) is 0. The van der Waals surface area contributed by atoms with Gasteiger partial charge in [-0.2, -0.15) is 0 Å². The Morgan fingerprint density at radius 2 is 0.833 bits per heavy atom. The van der Waals surface area contributed by atoms with E-state index in [-0.39, 0.29) is 0 Å². The van der Waals surface area contributed by atoms with Gasteiger partial charge in [-0.25, -0.2) is 0 Å². The Balaban J connectivity index is 1.74. The van der Waals surface area contributed by atoms with Crippen molar-refractivity contribution in [2.24, 2.45) is 0 Å². The Bertz CT molecular complexity index is 1640. The molecule has 0 heterocycles. The van der Waals surface area contributed by atoms with E-state index in [1.165, 1.54) is 77.2 Å². The number of fused-ring (bicyclic) bond motifs is 4. The van der Waals surface area contributed by atoms with Crippen LogP contribution in [-0.2, 0) is 12.8 Å². The zero-order chi connectivity index (χ0) is 24.2. The van der Waals surface area contributed by atoms with E-state index in [1.807, 2.05) is 0 Å². The standard InChI is InChI=1S/C36H28/c1-3-26-33-28(23-13-7-5-8-14-23)21-22-29(24-15-9-6-10-16-24)34(33)27(4-2)36-31-20-12-18-25-17-11-19-30(32(25)31)35(26)36/h5-22H,3-4H2,1-2H3. The third kappa shape index (κ3) is 2.88. The summed E-state index contributed by atoms with van der Waals surface area (Å²) in [5.74, 6) is 0. The minimum absolute atomic E-state index is 0.991. The second kappa shape index (κ2) is 8.21. The highest BCUT2D eigenvalue weighted by atomic mass is 14.3. The average molecular weight is 461 g/mol. The van der Waals surface area contributed by atoms with E-state index in [2.05, 4.69) is 123 Å². The van der Waals surface area contributed by atoms with Crippen molar-refractivity contribution >= 4 is 21.5 Å². The van der Waals surface area contributed by atoms with Crippen LogP contribution in [0.25, 0.3) is 66.1 Å². The lowest BCUT2D eigenvalue weighted by Crippen LogP contribution is -2.00. The molecule has 0 atom stereocenters. The predicted molar refractivity (Wildman–Crippen MR) is 156 cm³/mol. The van der Waals surface area contributed by atoms with Crippen molar-refractivity contribution in [3.63, 3.8) is 0 Å². The van der Waals surface area contributed by atoms with Crippen LogP contribution in [0.4, 0.5) is 0 Å². The fourth-order valence-corrected chi connectivity index (χ4v) is 6.56. The van der Waals surface area contributed by atoms with Crippen molar-refractivity contribution in [1.82, 2.24) is 0 Å². The first kappa shape index (κ1) is 21.1. The first-order chi connectivity index (χ1) is 17.8. The Morgan fingerprint density at radius 3 is 1.25 bits per heavy atom. The molecule has 0 fully saturated rings. The highest BCUT2D eigenvalue weighted by molar-refractivity contribution is 6.23. The van der Waals surface area contributed by atoms with Crippen LogP contribution in [-0.4, -0.2) is 0 Å². The second-order valence-electron chi connectivity index (χ2n) is 9.77. The van der Waals surface area contributed by atoms with E-state index in [0.717, 1.165) is 12.8 Å². The van der Waals surface area contributed by atoms with Crippen LogP contribution < -0.4 is 0 Å². The van der Waals surface area contributed by atoms with E-state index < -0.39 is 0 Å². The summed E-state index contributed by atoms with van der Waals surface area (Å²) >= 11 is 0. The van der Waals surface area contributed by atoms with Crippen molar-refractivity contribution in [3.05, 3.63) is 120 Å². The third-order valence-corrected chi connectivity index (χ3v) is 7.98. The van der Waals surface area contributed by atoms with Crippen molar-refractivity contribution in [2.75, 3.05) is 0 Å². The second-order valence-corrected chi connectivity index (χ2v) is 9.77. The van der Waals surface area contributed by atoms with Crippen LogP contribution in [0, 0.1) is 0 Å². The molecule has 7 rings (SSSR count). The summed E-state index contributed by atoms with van der Waals surface area (Å²) in [7, 11) is 0. The van der Waals surface area contributed by atoms with Crippen LogP contribution >= 0.6 is 0 Å². The van der Waals surface area contributed by atoms with E-state index >= 15 is 0 Å². The highest BCUT2D eigenvalue weighted by Crippen LogP contribution is 2.55. The summed E-state index contributed by atoms with van der Waals surface area (Å²) in [6, 6.07) is 40.2. The summed E-state index contributed by atoms with van der Waals surface area (Å²) in [6.45, 7) is 4.65. The first-order valence-electron chi connectivity index (χ1n) is 13.1. The van der Waals surface area contributed by atoms with Gasteiger partial charge in [0.05, 0.1) is 0 Å². The van der Waals surface area contributed by atoms with Crippen LogP contribution in [0.15, 0.2) is 109 Å². The summed E-state index contributed by atoms with van der Waals surface area (Å²) in [5, 5.41) is 5.59. The number of hydrogen-bond donors (Lipinski definition) is 0. The molecule has 1 aliphatic rings. The van der Waals surface area contributed by atoms with Gasteiger partial charge in [0.1, 0.15) is 0 Å². The first-order valence-corrected chi connectivity index (χ1v) is 13.1. The SMILES string of the molecule is CCc1c2c(c(CC)c3c(-c4ccccc4)ccc(-c4ccccc4)c13)-c1cccc3cccc-2c13. The molecule has 0 unspecified atom stereocenters. The molecule has 0 spiro atoms. The molecule has 0 saturated heterocycles. The maximum absolute atomic E-state index is 2.35. The lowest BCUT2D eigenvalue weighted by Gasteiger charge is -2.23. The van der Waals surface area contributed by atoms with Gasteiger partial charge in [-0.05, 0) is 90.0 Å². The molecule has 0 nitrogen and oxygen atoms in total. The van der Waals surface area contributed by atoms with Crippen molar-refractivity contribution in [3.8, 4) is 44.5 Å². The van der Waals surface area contributed by atoms with Gasteiger partial charge in [0.15, 0.2) is 0 Å².